The van der Waals surface area contributed by atoms with E-state index in [2.05, 4.69) is 17.6 Å². The summed E-state index contributed by atoms with van der Waals surface area (Å²) in [5.74, 6) is -1.29. The molecule has 20 heavy (non-hydrogen) atoms. The van der Waals surface area contributed by atoms with Crippen molar-refractivity contribution in [1.29, 1.82) is 0 Å². The summed E-state index contributed by atoms with van der Waals surface area (Å²) in [5.41, 5.74) is -0.524. The molecule has 0 N–H and O–H groups in total. The molecule has 0 saturated carbocycles. The minimum Gasteiger partial charge on any atom is -0.463 e. The number of hydrogen-bond acceptors (Lipinski definition) is 8. The normalized spacial score (nSPS) is 32.9. The minimum absolute atomic E-state index is 0.109. The lowest BCUT2D eigenvalue weighted by Crippen LogP contribution is -2.54. The van der Waals surface area contributed by atoms with Crippen molar-refractivity contribution in [2.45, 2.75) is 44.5 Å². The van der Waals surface area contributed by atoms with Gasteiger partial charge in [0.1, 0.15) is 24.2 Å². The molecule has 7 nitrogen and oxygen atoms in total. The van der Waals surface area contributed by atoms with Crippen molar-refractivity contribution < 1.29 is 28.6 Å². The van der Waals surface area contributed by atoms with E-state index in [-0.39, 0.29) is 12.5 Å². The summed E-state index contributed by atoms with van der Waals surface area (Å²) >= 11 is 4.25. The third kappa shape index (κ3) is 4.33. The molecule has 0 aromatic heterocycles. The van der Waals surface area contributed by atoms with Gasteiger partial charge in [-0.3, -0.25) is 9.59 Å². The van der Waals surface area contributed by atoms with E-state index in [1.54, 1.807) is 6.92 Å². The van der Waals surface area contributed by atoms with Gasteiger partial charge in [0.2, 0.25) is 6.08 Å². The molecule has 5 atom stereocenters. The number of carbonyl (C=O) groups excluding carboxylic acids is 3. The molecule has 1 fully saturated rings. The Bertz CT molecular complexity index is 422. The first-order valence-corrected chi connectivity index (χ1v) is 6.59. The second-order valence-electron chi connectivity index (χ2n) is 4.51. The Labute approximate surface area is 122 Å². The smallest absolute Gasteiger partial charge is 0.303 e. The molecule has 0 spiro atoms. The number of esters is 2. The molecule has 1 saturated heterocycles. The molecular weight excluding hydrogens is 286 g/mol. The van der Waals surface area contributed by atoms with Crippen LogP contribution in [0.2, 0.25) is 0 Å². The fourth-order valence-corrected chi connectivity index (χ4v) is 2.32. The first-order valence-electron chi connectivity index (χ1n) is 6.08. The van der Waals surface area contributed by atoms with Gasteiger partial charge in [-0.2, -0.15) is 4.99 Å². The molecule has 0 radical (unpaired) electrons. The minimum atomic E-state index is -0.827. The van der Waals surface area contributed by atoms with Gasteiger partial charge >= 0.3 is 11.9 Å². The highest BCUT2D eigenvalue weighted by Gasteiger charge is 2.45. The number of thiol groups is 1. The highest BCUT2D eigenvalue weighted by Crippen LogP contribution is 2.32. The summed E-state index contributed by atoms with van der Waals surface area (Å²) in [5, 5.41) is 0. The molecule has 0 aromatic carbocycles. The van der Waals surface area contributed by atoms with Gasteiger partial charge in [-0.1, -0.05) is 6.92 Å². The number of ether oxygens (including phenoxy) is 3. The van der Waals surface area contributed by atoms with E-state index in [1.165, 1.54) is 19.9 Å². The molecule has 0 aromatic rings. The Kier molecular flexibility index (Phi) is 6.19. The van der Waals surface area contributed by atoms with Crippen molar-refractivity contribution in [2.24, 2.45) is 10.9 Å². The van der Waals surface area contributed by atoms with Crippen LogP contribution in [0, 0.1) is 5.92 Å². The molecule has 8 heteroatoms. The Hall–Kier alpha value is -1.37. The van der Waals surface area contributed by atoms with E-state index < -0.39 is 35.6 Å². The number of nitrogens with zero attached hydrogens (tertiary/aromatic N) is 1. The maximum absolute atomic E-state index is 11.2. The van der Waals surface area contributed by atoms with Gasteiger partial charge in [-0.05, 0) is 0 Å². The fraction of sp³-hybridized carbons (Fsp3) is 0.750. The van der Waals surface area contributed by atoms with E-state index in [0.717, 1.165) is 0 Å². The first-order chi connectivity index (χ1) is 9.36. The highest BCUT2D eigenvalue weighted by molar-refractivity contribution is 7.80. The van der Waals surface area contributed by atoms with Crippen LogP contribution in [0.5, 0.6) is 0 Å². The third-order valence-corrected chi connectivity index (χ3v) is 3.55. The predicted octanol–water partition coefficient (Wildman–Crippen LogP) is 0.476. The Morgan fingerprint density at radius 3 is 2.50 bits per heavy atom. The first kappa shape index (κ1) is 16.7. The van der Waals surface area contributed by atoms with E-state index in [0.29, 0.717) is 0 Å². The molecule has 112 valence electrons. The number of hydrogen-bond donors (Lipinski definition) is 1. The van der Waals surface area contributed by atoms with Gasteiger partial charge in [0.15, 0.2) is 6.10 Å². The maximum atomic E-state index is 11.2. The van der Waals surface area contributed by atoms with Crippen molar-refractivity contribution in [2.75, 3.05) is 6.61 Å². The van der Waals surface area contributed by atoms with Gasteiger partial charge in [-0.15, -0.1) is 12.6 Å². The van der Waals surface area contributed by atoms with Crippen LogP contribution in [0.25, 0.3) is 0 Å². The van der Waals surface area contributed by atoms with E-state index in [4.69, 9.17) is 14.2 Å². The molecule has 1 heterocycles. The highest BCUT2D eigenvalue weighted by atomic mass is 32.1. The van der Waals surface area contributed by atoms with Crippen LogP contribution in [0.15, 0.2) is 4.99 Å². The van der Waals surface area contributed by atoms with Crippen LogP contribution < -0.4 is 0 Å². The van der Waals surface area contributed by atoms with Crippen LogP contribution in [-0.4, -0.2) is 48.3 Å². The maximum Gasteiger partial charge on any atom is 0.303 e. The monoisotopic (exact) mass is 303 g/mol. The largest absolute Gasteiger partial charge is 0.463 e. The van der Waals surface area contributed by atoms with Crippen LogP contribution >= 0.6 is 12.6 Å². The topological polar surface area (TPSA) is 91.3 Å². The molecule has 1 rings (SSSR count). The predicted molar refractivity (Wildman–Crippen MR) is 70.9 cm³/mol. The lowest BCUT2D eigenvalue weighted by molar-refractivity contribution is -0.182. The lowest BCUT2D eigenvalue weighted by atomic mass is 9.91. The van der Waals surface area contributed by atoms with Crippen molar-refractivity contribution >= 4 is 30.6 Å². The fourth-order valence-electron chi connectivity index (χ4n) is 1.99. The molecule has 1 aliphatic heterocycles. The molecule has 5 unspecified atom stereocenters. The van der Waals surface area contributed by atoms with E-state index in [9.17, 15) is 14.4 Å². The zero-order valence-corrected chi connectivity index (χ0v) is 12.3. The molecule has 0 amide bonds. The number of rotatable bonds is 4. The summed E-state index contributed by atoms with van der Waals surface area (Å²) < 4.78 is 15.6. The zero-order valence-electron chi connectivity index (χ0n) is 11.4. The standard InChI is InChI=1S/C12H17NO6S/c1-6-10(13-5-14)11(18-8(3)16)9(19-12(6)20)4-17-7(2)15/h6,9-12,20H,4H2,1-3H3. The van der Waals surface area contributed by atoms with Crippen molar-refractivity contribution in [3.63, 3.8) is 0 Å². The quantitative estimate of drug-likeness (QED) is 0.351. The van der Waals surface area contributed by atoms with Gasteiger partial charge in [0.05, 0.1) is 0 Å². The van der Waals surface area contributed by atoms with Crippen molar-refractivity contribution in [3.8, 4) is 0 Å². The number of aliphatic imine (C=N–C) groups is 1. The Morgan fingerprint density at radius 2 is 2.00 bits per heavy atom. The van der Waals surface area contributed by atoms with Gasteiger partial charge in [-0.25, -0.2) is 4.79 Å². The molecule has 1 aliphatic rings. The van der Waals surface area contributed by atoms with Crippen LogP contribution in [0.4, 0.5) is 0 Å². The van der Waals surface area contributed by atoms with Crippen molar-refractivity contribution in [1.82, 2.24) is 0 Å². The zero-order chi connectivity index (χ0) is 15.3. The van der Waals surface area contributed by atoms with Crippen molar-refractivity contribution in [3.05, 3.63) is 0 Å². The second-order valence-corrected chi connectivity index (χ2v) is 5.02. The second kappa shape index (κ2) is 7.42. The summed E-state index contributed by atoms with van der Waals surface area (Å²) in [4.78, 5) is 36.3. The lowest BCUT2D eigenvalue weighted by Gasteiger charge is -2.41. The van der Waals surface area contributed by atoms with Crippen LogP contribution in [0.1, 0.15) is 20.8 Å². The summed E-state index contributed by atoms with van der Waals surface area (Å²) in [6.45, 7) is 4.15. The van der Waals surface area contributed by atoms with E-state index >= 15 is 0 Å². The number of carbonyl (C=O) groups is 2. The average Bonchev–Trinajstić information content (AvgIpc) is 2.35. The summed E-state index contributed by atoms with van der Waals surface area (Å²) in [7, 11) is 0. The van der Waals surface area contributed by atoms with Gasteiger partial charge in [0, 0.05) is 19.8 Å². The van der Waals surface area contributed by atoms with E-state index in [1.807, 2.05) is 0 Å². The molecule has 0 aliphatic carbocycles. The van der Waals surface area contributed by atoms with Gasteiger partial charge in [0.25, 0.3) is 0 Å². The number of isocyanates is 1. The Balaban J connectivity index is 2.95. The average molecular weight is 303 g/mol. The summed E-state index contributed by atoms with van der Waals surface area (Å²) in [6, 6.07) is -0.645. The molecule has 0 bridgehead atoms. The third-order valence-electron chi connectivity index (χ3n) is 2.96. The van der Waals surface area contributed by atoms with Crippen LogP contribution in [0.3, 0.4) is 0 Å². The summed E-state index contributed by atoms with van der Waals surface area (Å²) in [6.07, 6.45) is -0.0964. The van der Waals surface area contributed by atoms with Gasteiger partial charge < -0.3 is 14.2 Å². The Morgan fingerprint density at radius 1 is 1.35 bits per heavy atom. The molecular formula is C12H17NO6S. The SMILES string of the molecule is CC(=O)OCC1OC(S)C(C)C(N=C=O)C1OC(C)=O. The van der Waals surface area contributed by atoms with Crippen LogP contribution in [-0.2, 0) is 28.6 Å².